The van der Waals surface area contributed by atoms with Crippen molar-refractivity contribution in [3.63, 3.8) is 0 Å². The smallest absolute Gasteiger partial charge is 0.255 e. The van der Waals surface area contributed by atoms with Crippen molar-refractivity contribution in [1.29, 1.82) is 0 Å². The summed E-state index contributed by atoms with van der Waals surface area (Å²) in [4.78, 5) is 17.2. The van der Waals surface area contributed by atoms with E-state index in [2.05, 4.69) is 22.2 Å². The first-order valence-corrected chi connectivity index (χ1v) is 9.66. The average molecular weight is 406 g/mol. The first-order valence-electron chi connectivity index (χ1n) is 9.28. The highest BCUT2D eigenvalue weighted by molar-refractivity contribution is 6.33. The fraction of sp³-hybridized carbons (Fsp3) is 0.381. The molecule has 1 atom stereocenters. The Hall–Kier alpha value is -2.15. The first kappa shape index (κ1) is 20.6. The number of piperazine rings is 1. The number of carbonyl (C=O) groups is 1. The highest BCUT2D eigenvalue weighted by atomic mass is 35.5. The first-order chi connectivity index (χ1) is 13.5. The second-order valence-electron chi connectivity index (χ2n) is 6.93. The molecule has 28 heavy (non-hydrogen) atoms. The van der Waals surface area contributed by atoms with Crippen LogP contribution in [0.2, 0.25) is 5.02 Å². The zero-order chi connectivity index (χ0) is 20.1. The molecule has 0 aromatic heterocycles. The number of hydrogen-bond acceptors (Lipinski definition) is 4. The molecule has 2 aromatic carbocycles. The van der Waals surface area contributed by atoms with E-state index in [0.29, 0.717) is 6.54 Å². The topological polar surface area (TPSA) is 44.8 Å². The van der Waals surface area contributed by atoms with Crippen molar-refractivity contribution in [3.05, 3.63) is 64.4 Å². The third-order valence-corrected chi connectivity index (χ3v) is 5.44. The predicted molar refractivity (Wildman–Crippen MR) is 109 cm³/mol. The Morgan fingerprint density at radius 3 is 2.46 bits per heavy atom. The van der Waals surface area contributed by atoms with Crippen molar-refractivity contribution < 1.29 is 13.9 Å². The number of ether oxygens (including phenoxy) is 1. The van der Waals surface area contributed by atoms with E-state index in [0.717, 1.165) is 37.5 Å². The van der Waals surface area contributed by atoms with Crippen LogP contribution in [0.3, 0.4) is 0 Å². The van der Waals surface area contributed by atoms with Gasteiger partial charge in [0, 0.05) is 32.7 Å². The van der Waals surface area contributed by atoms with Gasteiger partial charge in [0.05, 0.1) is 23.7 Å². The van der Waals surface area contributed by atoms with E-state index in [4.69, 9.17) is 16.3 Å². The van der Waals surface area contributed by atoms with Crippen molar-refractivity contribution in [1.82, 2.24) is 15.1 Å². The molecule has 2 aromatic rings. The summed E-state index contributed by atoms with van der Waals surface area (Å²) in [5.74, 6) is -0.343. The number of likely N-dealkylation sites (N-methyl/N-ethyl adjacent to an activating group) is 1. The second kappa shape index (κ2) is 9.37. The highest BCUT2D eigenvalue weighted by Crippen LogP contribution is 2.25. The van der Waals surface area contributed by atoms with Crippen LogP contribution in [-0.4, -0.2) is 62.6 Å². The van der Waals surface area contributed by atoms with Crippen molar-refractivity contribution in [3.8, 4) is 5.75 Å². The van der Waals surface area contributed by atoms with Gasteiger partial charge in [0.2, 0.25) is 0 Å². The molecule has 3 rings (SSSR count). The number of nitrogens with one attached hydrogen (secondary N) is 1. The lowest BCUT2D eigenvalue weighted by Gasteiger charge is -2.38. The zero-order valence-corrected chi connectivity index (χ0v) is 16.9. The van der Waals surface area contributed by atoms with Crippen LogP contribution in [-0.2, 0) is 0 Å². The molecule has 150 valence electrons. The van der Waals surface area contributed by atoms with Gasteiger partial charge in [-0.1, -0.05) is 29.8 Å². The maximum Gasteiger partial charge on any atom is 0.255 e. The Kier molecular flexibility index (Phi) is 6.88. The third-order valence-electron chi connectivity index (χ3n) is 5.13. The maximum absolute atomic E-state index is 14.1. The Balaban J connectivity index is 1.77. The van der Waals surface area contributed by atoms with Crippen LogP contribution in [0.15, 0.2) is 42.5 Å². The van der Waals surface area contributed by atoms with Gasteiger partial charge in [-0.2, -0.15) is 0 Å². The molecule has 1 aliphatic rings. The van der Waals surface area contributed by atoms with Crippen LogP contribution >= 0.6 is 11.6 Å². The van der Waals surface area contributed by atoms with E-state index in [1.165, 1.54) is 18.2 Å². The number of methoxy groups -OCH3 is 1. The van der Waals surface area contributed by atoms with Gasteiger partial charge in [-0.25, -0.2) is 4.39 Å². The number of hydrogen-bond donors (Lipinski definition) is 1. The molecule has 1 amide bonds. The Bertz CT molecular complexity index is 788. The van der Waals surface area contributed by atoms with E-state index in [-0.39, 0.29) is 16.6 Å². The molecular weight excluding hydrogens is 381 g/mol. The second-order valence-corrected chi connectivity index (χ2v) is 7.34. The fourth-order valence-electron chi connectivity index (χ4n) is 3.41. The Morgan fingerprint density at radius 2 is 1.86 bits per heavy atom. The van der Waals surface area contributed by atoms with E-state index in [1.54, 1.807) is 7.11 Å². The maximum atomic E-state index is 14.1. The van der Waals surface area contributed by atoms with Gasteiger partial charge in [-0.05, 0) is 36.9 Å². The summed E-state index contributed by atoms with van der Waals surface area (Å²) in [6.07, 6.45) is 0. The summed E-state index contributed by atoms with van der Waals surface area (Å²) < 4.78 is 19.3. The summed E-state index contributed by atoms with van der Waals surface area (Å²) >= 11 is 6.02. The van der Waals surface area contributed by atoms with Crippen LogP contribution < -0.4 is 10.1 Å². The number of carbonyl (C=O) groups excluding carboxylic acids is 1. The van der Waals surface area contributed by atoms with E-state index < -0.39 is 11.7 Å². The van der Waals surface area contributed by atoms with Crippen molar-refractivity contribution >= 4 is 17.5 Å². The largest absolute Gasteiger partial charge is 0.497 e. The lowest BCUT2D eigenvalue weighted by molar-refractivity contribution is 0.0883. The number of amides is 1. The summed E-state index contributed by atoms with van der Waals surface area (Å²) in [6.45, 7) is 4.06. The minimum Gasteiger partial charge on any atom is -0.497 e. The predicted octanol–water partition coefficient (Wildman–Crippen LogP) is 3.21. The molecule has 5 nitrogen and oxygen atoms in total. The van der Waals surface area contributed by atoms with Crippen LogP contribution in [0, 0.1) is 5.82 Å². The molecule has 1 fully saturated rings. The lowest BCUT2D eigenvalue weighted by atomic mass is 10.0. The number of rotatable bonds is 6. The molecule has 7 heteroatoms. The Morgan fingerprint density at radius 1 is 1.18 bits per heavy atom. The van der Waals surface area contributed by atoms with Crippen LogP contribution in [0.25, 0.3) is 0 Å². The van der Waals surface area contributed by atoms with Gasteiger partial charge < -0.3 is 15.0 Å². The SMILES string of the molecule is COc1ccc(C(CNC(=O)c2c(F)cccc2Cl)N2CCN(C)CC2)cc1. The van der Waals surface area contributed by atoms with E-state index >= 15 is 0 Å². The normalized spacial score (nSPS) is 16.6. The molecule has 0 spiro atoms. The molecule has 0 aliphatic carbocycles. The lowest BCUT2D eigenvalue weighted by Crippen LogP contribution is -2.48. The van der Waals surface area contributed by atoms with Crippen LogP contribution in [0.4, 0.5) is 4.39 Å². The minimum atomic E-state index is -0.620. The molecule has 1 saturated heterocycles. The van der Waals surface area contributed by atoms with Gasteiger partial charge in [0.15, 0.2) is 0 Å². The van der Waals surface area contributed by atoms with Gasteiger partial charge in [0.25, 0.3) is 5.91 Å². The van der Waals surface area contributed by atoms with Gasteiger partial charge in [-0.3, -0.25) is 9.69 Å². The monoisotopic (exact) mass is 405 g/mol. The minimum absolute atomic E-state index is 0.0193. The van der Waals surface area contributed by atoms with Crippen LogP contribution in [0.5, 0.6) is 5.75 Å². The average Bonchev–Trinajstić information content (AvgIpc) is 2.70. The quantitative estimate of drug-likeness (QED) is 0.801. The standard InChI is InChI=1S/C21H25ClFN3O2/c1-25-10-12-26(13-11-25)19(15-6-8-16(28-2)9-7-15)14-24-21(27)20-17(22)4-3-5-18(20)23/h3-9,19H,10-14H2,1-2H3,(H,24,27). The van der Waals surface area contributed by atoms with Crippen molar-refractivity contribution in [2.45, 2.75) is 6.04 Å². The summed E-state index contributed by atoms with van der Waals surface area (Å²) in [5, 5.41) is 2.98. The summed E-state index contributed by atoms with van der Waals surface area (Å²) in [7, 11) is 3.73. The van der Waals surface area contributed by atoms with Crippen molar-refractivity contribution in [2.75, 3.05) is 46.9 Å². The van der Waals surface area contributed by atoms with Gasteiger partial charge in [-0.15, -0.1) is 0 Å². The molecule has 0 radical (unpaired) electrons. The summed E-state index contributed by atoms with van der Waals surface area (Å²) in [5.41, 5.74) is 0.960. The van der Waals surface area contributed by atoms with Crippen molar-refractivity contribution in [2.24, 2.45) is 0 Å². The number of benzene rings is 2. The third kappa shape index (κ3) is 4.82. The van der Waals surface area contributed by atoms with Crippen LogP contribution in [0.1, 0.15) is 22.0 Å². The molecule has 1 N–H and O–H groups in total. The van der Waals surface area contributed by atoms with Gasteiger partial charge in [0.1, 0.15) is 11.6 Å². The summed E-state index contributed by atoms with van der Waals surface area (Å²) in [6, 6.07) is 12.0. The zero-order valence-electron chi connectivity index (χ0n) is 16.1. The highest BCUT2D eigenvalue weighted by Gasteiger charge is 2.25. The fourth-order valence-corrected chi connectivity index (χ4v) is 3.66. The number of halogens is 2. The van der Waals surface area contributed by atoms with E-state index in [9.17, 15) is 9.18 Å². The Labute approximate surface area is 170 Å². The number of nitrogens with zero attached hydrogens (tertiary/aromatic N) is 2. The van der Waals surface area contributed by atoms with Gasteiger partial charge >= 0.3 is 0 Å². The molecular formula is C21H25ClFN3O2. The van der Waals surface area contributed by atoms with E-state index in [1.807, 2.05) is 24.3 Å². The molecule has 1 unspecified atom stereocenters. The molecule has 0 saturated carbocycles. The molecule has 0 bridgehead atoms. The molecule has 1 heterocycles. The molecule has 1 aliphatic heterocycles.